The summed E-state index contributed by atoms with van der Waals surface area (Å²) in [5.74, 6) is 0.833. The van der Waals surface area contributed by atoms with Crippen molar-refractivity contribution in [3.63, 3.8) is 0 Å². The lowest BCUT2D eigenvalue weighted by atomic mass is 10.0. The Morgan fingerprint density at radius 1 is 1.14 bits per heavy atom. The summed E-state index contributed by atoms with van der Waals surface area (Å²) in [5.41, 5.74) is 10.7. The lowest BCUT2D eigenvalue weighted by Crippen LogP contribution is -2.16. The molecule has 0 aliphatic carbocycles. The van der Waals surface area contributed by atoms with Crippen LogP contribution in [0.15, 0.2) is 42.5 Å². The van der Waals surface area contributed by atoms with Crippen LogP contribution in [0.3, 0.4) is 0 Å². The molecular weight excluding hydrogens is 260 g/mol. The first-order valence-electron chi connectivity index (χ1n) is 7.33. The molecule has 0 aliphatic heterocycles. The quantitative estimate of drug-likeness (QED) is 0.900. The third-order valence-corrected chi connectivity index (χ3v) is 3.81. The van der Waals surface area contributed by atoms with Crippen molar-refractivity contribution in [2.45, 2.75) is 26.3 Å². The van der Waals surface area contributed by atoms with Gasteiger partial charge in [0.05, 0.1) is 7.11 Å². The predicted molar refractivity (Wildman–Crippen MR) is 89.5 cm³/mol. The smallest absolute Gasteiger partial charge is 0.125 e. The molecular formula is C18H24N2O. The van der Waals surface area contributed by atoms with Crippen LogP contribution in [-0.4, -0.2) is 14.2 Å². The van der Waals surface area contributed by atoms with Gasteiger partial charge in [-0.05, 0) is 43.2 Å². The van der Waals surface area contributed by atoms with E-state index in [0.29, 0.717) is 0 Å². The third-order valence-electron chi connectivity index (χ3n) is 3.81. The number of nitrogens with zero attached hydrogens (tertiary/aromatic N) is 1. The second kappa shape index (κ2) is 6.64. The summed E-state index contributed by atoms with van der Waals surface area (Å²) in [7, 11) is 3.74. The van der Waals surface area contributed by atoms with Crippen LogP contribution in [-0.2, 0) is 6.42 Å². The fraction of sp³-hybridized carbons (Fsp3) is 0.333. The van der Waals surface area contributed by atoms with Crippen LogP contribution in [0.25, 0.3) is 0 Å². The third kappa shape index (κ3) is 3.19. The van der Waals surface area contributed by atoms with Crippen molar-refractivity contribution in [1.29, 1.82) is 0 Å². The molecule has 2 aromatic carbocycles. The van der Waals surface area contributed by atoms with Gasteiger partial charge in [-0.3, -0.25) is 0 Å². The van der Waals surface area contributed by atoms with Crippen molar-refractivity contribution < 1.29 is 4.74 Å². The van der Waals surface area contributed by atoms with E-state index in [2.05, 4.69) is 49.2 Å². The van der Waals surface area contributed by atoms with Crippen LogP contribution in [0, 0.1) is 0 Å². The Balaban J connectivity index is 2.44. The van der Waals surface area contributed by atoms with Gasteiger partial charge >= 0.3 is 0 Å². The molecule has 0 saturated heterocycles. The van der Waals surface area contributed by atoms with Gasteiger partial charge in [-0.25, -0.2) is 0 Å². The lowest BCUT2D eigenvalue weighted by molar-refractivity contribution is 0.407. The molecule has 21 heavy (non-hydrogen) atoms. The summed E-state index contributed by atoms with van der Waals surface area (Å²) in [6.45, 7) is 4.14. The van der Waals surface area contributed by atoms with Crippen molar-refractivity contribution in [1.82, 2.24) is 0 Å². The number of methoxy groups -OCH3 is 1. The van der Waals surface area contributed by atoms with E-state index in [9.17, 15) is 0 Å². The molecule has 3 nitrogen and oxygen atoms in total. The van der Waals surface area contributed by atoms with Crippen LogP contribution >= 0.6 is 0 Å². The average Bonchev–Trinajstić information content (AvgIpc) is 2.53. The van der Waals surface area contributed by atoms with Gasteiger partial charge in [0, 0.05) is 30.0 Å². The minimum atomic E-state index is -0.0893. The molecule has 0 saturated carbocycles. The van der Waals surface area contributed by atoms with Crippen LogP contribution < -0.4 is 15.4 Å². The Morgan fingerprint density at radius 2 is 1.81 bits per heavy atom. The second-order valence-electron chi connectivity index (χ2n) is 5.26. The Morgan fingerprint density at radius 3 is 2.33 bits per heavy atom. The number of hydrogen-bond acceptors (Lipinski definition) is 3. The van der Waals surface area contributed by atoms with E-state index in [0.717, 1.165) is 29.1 Å². The zero-order valence-corrected chi connectivity index (χ0v) is 13.3. The monoisotopic (exact) mass is 284 g/mol. The summed E-state index contributed by atoms with van der Waals surface area (Å²) in [6.07, 6.45) is 1.05. The maximum absolute atomic E-state index is 6.15. The highest BCUT2D eigenvalue weighted by molar-refractivity contribution is 5.69. The molecule has 0 unspecified atom stereocenters. The van der Waals surface area contributed by atoms with Gasteiger partial charge in [-0.2, -0.15) is 0 Å². The van der Waals surface area contributed by atoms with E-state index in [1.165, 1.54) is 5.56 Å². The first-order valence-corrected chi connectivity index (χ1v) is 7.33. The number of anilines is 2. The number of hydrogen-bond donors (Lipinski definition) is 1. The van der Waals surface area contributed by atoms with Crippen molar-refractivity contribution in [3.05, 3.63) is 53.6 Å². The normalized spacial score (nSPS) is 12.0. The Hall–Kier alpha value is -2.00. The van der Waals surface area contributed by atoms with Gasteiger partial charge in [0.1, 0.15) is 5.75 Å². The number of aryl methyl sites for hydroxylation is 1. The molecule has 0 bridgehead atoms. The van der Waals surface area contributed by atoms with E-state index in [4.69, 9.17) is 10.5 Å². The minimum Gasteiger partial charge on any atom is -0.496 e. The highest BCUT2D eigenvalue weighted by Gasteiger charge is 2.16. The molecule has 0 fully saturated rings. The van der Waals surface area contributed by atoms with Gasteiger partial charge in [-0.1, -0.05) is 25.1 Å². The molecule has 2 rings (SSSR count). The zero-order chi connectivity index (χ0) is 15.4. The molecule has 2 N–H and O–H groups in total. The van der Waals surface area contributed by atoms with Gasteiger partial charge in [0.25, 0.3) is 0 Å². The van der Waals surface area contributed by atoms with Crippen molar-refractivity contribution in [3.8, 4) is 5.75 Å². The van der Waals surface area contributed by atoms with E-state index >= 15 is 0 Å². The average molecular weight is 284 g/mol. The van der Waals surface area contributed by atoms with Crippen molar-refractivity contribution in [2.24, 2.45) is 5.73 Å². The maximum atomic E-state index is 6.15. The number of ether oxygens (including phenoxy) is 1. The largest absolute Gasteiger partial charge is 0.496 e. The van der Waals surface area contributed by atoms with Crippen LogP contribution in [0.4, 0.5) is 11.4 Å². The van der Waals surface area contributed by atoms with E-state index < -0.39 is 0 Å². The lowest BCUT2D eigenvalue weighted by Gasteiger charge is -2.25. The first kappa shape index (κ1) is 15.4. The van der Waals surface area contributed by atoms with Crippen molar-refractivity contribution in [2.75, 3.05) is 19.1 Å². The SMILES string of the molecule is CCc1ccc(N(C)c2cccc(OC)c2[C@H](C)N)cc1. The number of nitrogens with two attached hydrogens (primary N) is 1. The van der Waals surface area contributed by atoms with E-state index in [-0.39, 0.29) is 6.04 Å². The highest BCUT2D eigenvalue weighted by atomic mass is 16.5. The van der Waals surface area contributed by atoms with Gasteiger partial charge in [0.2, 0.25) is 0 Å². The molecule has 0 radical (unpaired) electrons. The molecule has 0 aromatic heterocycles. The Kier molecular flexibility index (Phi) is 4.86. The van der Waals surface area contributed by atoms with Gasteiger partial charge in [-0.15, -0.1) is 0 Å². The second-order valence-corrected chi connectivity index (χ2v) is 5.26. The molecule has 0 spiro atoms. The van der Waals surface area contributed by atoms with Crippen LogP contribution in [0.5, 0.6) is 5.75 Å². The Labute approximate surface area is 127 Å². The molecule has 112 valence electrons. The summed E-state index contributed by atoms with van der Waals surface area (Å²) in [5, 5.41) is 0. The topological polar surface area (TPSA) is 38.5 Å². The highest BCUT2D eigenvalue weighted by Crippen LogP contribution is 2.36. The fourth-order valence-electron chi connectivity index (χ4n) is 2.55. The van der Waals surface area contributed by atoms with E-state index in [1.807, 2.05) is 19.1 Å². The summed E-state index contributed by atoms with van der Waals surface area (Å²) < 4.78 is 5.46. The van der Waals surface area contributed by atoms with Crippen molar-refractivity contribution >= 4 is 11.4 Å². The van der Waals surface area contributed by atoms with Crippen LogP contribution in [0.1, 0.15) is 31.0 Å². The zero-order valence-electron chi connectivity index (χ0n) is 13.3. The predicted octanol–water partition coefficient (Wildman–Crippen LogP) is 4.05. The maximum Gasteiger partial charge on any atom is 0.125 e. The molecule has 0 amide bonds. The summed E-state index contributed by atoms with van der Waals surface area (Å²) in [4.78, 5) is 2.15. The van der Waals surface area contributed by atoms with Gasteiger partial charge in [0.15, 0.2) is 0 Å². The number of benzene rings is 2. The minimum absolute atomic E-state index is 0.0893. The van der Waals surface area contributed by atoms with Crippen LogP contribution in [0.2, 0.25) is 0 Å². The first-order chi connectivity index (χ1) is 10.1. The molecule has 1 atom stereocenters. The summed E-state index contributed by atoms with van der Waals surface area (Å²) >= 11 is 0. The molecule has 2 aromatic rings. The molecule has 0 aliphatic rings. The Bertz CT molecular complexity index is 591. The standard InChI is InChI=1S/C18H24N2O/c1-5-14-9-11-15(12-10-14)20(3)16-7-6-8-17(21-4)18(16)13(2)19/h6-13H,5,19H2,1-4H3/t13-/m0/s1. The fourth-order valence-corrected chi connectivity index (χ4v) is 2.55. The number of rotatable bonds is 5. The van der Waals surface area contributed by atoms with Gasteiger partial charge < -0.3 is 15.4 Å². The molecule has 3 heteroatoms. The van der Waals surface area contributed by atoms with E-state index in [1.54, 1.807) is 7.11 Å². The summed E-state index contributed by atoms with van der Waals surface area (Å²) in [6, 6.07) is 14.6. The molecule has 0 heterocycles.